The van der Waals surface area contributed by atoms with Crippen LogP contribution in [0.25, 0.3) is 0 Å². The first kappa shape index (κ1) is 16.1. The average Bonchev–Trinajstić information content (AvgIpc) is 2.53. The van der Waals surface area contributed by atoms with Crippen molar-refractivity contribution < 1.29 is 27.7 Å². The molecule has 3 atom stereocenters. The number of rotatable bonds is 7. The van der Waals surface area contributed by atoms with Gasteiger partial charge in [-0.3, -0.25) is 0 Å². The van der Waals surface area contributed by atoms with Crippen molar-refractivity contribution >= 4 is 0 Å². The van der Waals surface area contributed by atoms with Crippen molar-refractivity contribution in [2.24, 2.45) is 0 Å². The number of hydrogen-bond donors (Lipinski definition) is 0. The van der Waals surface area contributed by atoms with E-state index >= 15 is 0 Å². The third-order valence-corrected chi connectivity index (χ3v) is 3.76. The molecular formula is C14H24F2O4. The molecule has 0 radical (unpaired) electrons. The summed E-state index contributed by atoms with van der Waals surface area (Å²) in [4.78, 5) is 0. The zero-order valence-electron chi connectivity index (χ0n) is 11.8. The third kappa shape index (κ3) is 4.62. The standard InChI is InChI=1S/C14H24F2O4/c15-10-12-4-3-5-13(20-12)17-8-9-19-14(11-16)6-1-2-7-18-14/h12-13H,1-11H2. The lowest BCUT2D eigenvalue weighted by molar-refractivity contribution is -0.273. The second-order valence-corrected chi connectivity index (χ2v) is 5.34. The van der Waals surface area contributed by atoms with Crippen LogP contribution < -0.4 is 0 Å². The van der Waals surface area contributed by atoms with E-state index in [1.807, 2.05) is 0 Å². The van der Waals surface area contributed by atoms with E-state index in [1.54, 1.807) is 0 Å². The molecule has 0 spiro atoms. The molecule has 3 unspecified atom stereocenters. The zero-order chi connectivity index (χ0) is 14.3. The van der Waals surface area contributed by atoms with Gasteiger partial charge in [-0.1, -0.05) is 0 Å². The summed E-state index contributed by atoms with van der Waals surface area (Å²) in [6.07, 6.45) is 4.12. The minimum Gasteiger partial charge on any atom is -0.350 e. The molecule has 118 valence electrons. The van der Waals surface area contributed by atoms with Gasteiger partial charge in [0.15, 0.2) is 12.1 Å². The first-order chi connectivity index (χ1) is 9.78. The van der Waals surface area contributed by atoms with Crippen LogP contribution in [0.5, 0.6) is 0 Å². The molecule has 0 aliphatic carbocycles. The summed E-state index contributed by atoms with van der Waals surface area (Å²) in [5.74, 6) is -1.09. The van der Waals surface area contributed by atoms with Crippen molar-refractivity contribution in [3.8, 4) is 0 Å². The first-order valence-electron chi connectivity index (χ1n) is 7.45. The van der Waals surface area contributed by atoms with Crippen molar-refractivity contribution in [3.05, 3.63) is 0 Å². The molecule has 0 aromatic carbocycles. The summed E-state index contributed by atoms with van der Waals surface area (Å²) in [6.45, 7) is -0.0282. The minimum atomic E-state index is -1.09. The van der Waals surface area contributed by atoms with E-state index in [9.17, 15) is 8.78 Å². The molecule has 2 aliphatic rings. The van der Waals surface area contributed by atoms with E-state index in [1.165, 1.54) is 0 Å². The summed E-state index contributed by atoms with van der Waals surface area (Å²) in [6, 6.07) is 0. The largest absolute Gasteiger partial charge is 0.350 e. The van der Waals surface area contributed by atoms with Gasteiger partial charge < -0.3 is 18.9 Å². The number of ether oxygens (including phenoxy) is 4. The van der Waals surface area contributed by atoms with Crippen molar-refractivity contribution in [1.29, 1.82) is 0 Å². The molecule has 0 saturated carbocycles. The van der Waals surface area contributed by atoms with Gasteiger partial charge in [0.2, 0.25) is 0 Å². The molecule has 20 heavy (non-hydrogen) atoms. The smallest absolute Gasteiger partial charge is 0.196 e. The van der Waals surface area contributed by atoms with Gasteiger partial charge in [0, 0.05) is 6.42 Å². The van der Waals surface area contributed by atoms with Gasteiger partial charge in [-0.25, -0.2) is 8.78 Å². The second kappa shape index (κ2) is 8.22. The average molecular weight is 294 g/mol. The van der Waals surface area contributed by atoms with Crippen LogP contribution in [0.1, 0.15) is 38.5 Å². The summed E-state index contributed by atoms with van der Waals surface area (Å²) in [7, 11) is 0. The van der Waals surface area contributed by atoms with E-state index in [0.717, 1.165) is 32.1 Å². The maximum absolute atomic E-state index is 13.1. The molecule has 0 aromatic rings. The summed E-state index contributed by atoms with van der Waals surface area (Å²) < 4.78 is 47.4. The predicted octanol–water partition coefficient (Wildman–Crippen LogP) is 2.75. The molecule has 2 rings (SSSR count). The van der Waals surface area contributed by atoms with Gasteiger partial charge in [-0.2, -0.15) is 0 Å². The Balaban J connectivity index is 1.62. The van der Waals surface area contributed by atoms with Crippen molar-refractivity contribution in [3.63, 3.8) is 0 Å². The fraction of sp³-hybridized carbons (Fsp3) is 1.00. The molecule has 6 heteroatoms. The Morgan fingerprint density at radius 1 is 1.10 bits per heavy atom. The lowest BCUT2D eigenvalue weighted by Crippen LogP contribution is -2.42. The molecule has 0 bridgehead atoms. The number of hydrogen-bond acceptors (Lipinski definition) is 4. The van der Waals surface area contributed by atoms with Crippen LogP contribution in [0.3, 0.4) is 0 Å². The molecular weight excluding hydrogens is 270 g/mol. The zero-order valence-corrected chi connectivity index (χ0v) is 11.8. The first-order valence-corrected chi connectivity index (χ1v) is 7.45. The Kier molecular flexibility index (Phi) is 6.61. The maximum Gasteiger partial charge on any atom is 0.196 e. The molecule has 2 heterocycles. The van der Waals surface area contributed by atoms with E-state index in [2.05, 4.69) is 0 Å². The number of alkyl halides is 2. The van der Waals surface area contributed by atoms with E-state index in [0.29, 0.717) is 19.6 Å². The molecule has 0 aromatic heterocycles. The molecule has 2 aliphatic heterocycles. The molecule has 0 N–H and O–H groups in total. The Hall–Kier alpha value is -0.300. The minimum absolute atomic E-state index is 0.254. The van der Waals surface area contributed by atoms with Crippen LogP contribution in [-0.4, -0.2) is 51.4 Å². The Labute approximate surface area is 118 Å². The summed E-state index contributed by atoms with van der Waals surface area (Å²) in [5, 5.41) is 0. The quantitative estimate of drug-likeness (QED) is 0.677. The highest BCUT2D eigenvalue weighted by Crippen LogP contribution is 2.27. The summed E-state index contributed by atoms with van der Waals surface area (Å²) in [5.41, 5.74) is 0. The predicted molar refractivity (Wildman–Crippen MR) is 68.9 cm³/mol. The van der Waals surface area contributed by atoms with Gasteiger partial charge >= 0.3 is 0 Å². The maximum atomic E-state index is 13.1. The SMILES string of the molecule is FCC1CCCC(OCCOC2(CF)CCCCO2)O1. The molecule has 0 amide bonds. The Bertz CT molecular complexity index is 272. The highest BCUT2D eigenvalue weighted by atomic mass is 19.1. The lowest BCUT2D eigenvalue weighted by atomic mass is 10.1. The van der Waals surface area contributed by atoms with Gasteiger partial charge in [0.05, 0.1) is 25.9 Å². The van der Waals surface area contributed by atoms with Gasteiger partial charge in [0.25, 0.3) is 0 Å². The normalized spacial score (nSPS) is 35.1. The molecule has 2 fully saturated rings. The molecule has 2 saturated heterocycles. The van der Waals surface area contributed by atoms with Crippen molar-refractivity contribution in [1.82, 2.24) is 0 Å². The van der Waals surface area contributed by atoms with Crippen LogP contribution in [0.15, 0.2) is 0 Å². The van der Waals surface area contributed by atoms with Crippen LogP contribution >= 0.6 is 0 Å². The van der Waals surface area contributed by atoms with E-state index < -0.39 is 19.1 Å². The van der Waals surface area contributed by atoms with Crippen LogP contribution in [0.4, 0.5) is 8.78 Å². The van der Waals surface area contributed by atoms with Crippen molar-refractivity contribution in [2.45, 2.75) is 56.7 Å². The van der Waals surface area contributed by atoms with E-state index in [-0.39, 0.29) is 19.0 Å². The molecule has 4 nitrogen and oxygen atoms in total. The Morgan fingerprint density at radius 3 is 2.70 bits per heavy atom. The van der Waals surface area contributed by atoms with Crippen LogP contribution in [-0.2, 0) is 18.9 Å². The Morgan fingerprint density at radius 2 is 2.00 bits per heavy atom. The topological polar surface area (TPSA) is 36.9 Å². The second-order valence-electron chi connectivity index (χ2n) is 5.34. The monoisotopic (exact) mass is 294 g/mol. The fourth-order valence-corrected chi connectivity index (χ4v) is 2.59. The fourth-order valence-electron chi connectivity index (χ4n) is 2.59. The van der Waals surface area contributed by atoms with Crippen LogP contribution in [0.2, 0.25) is 0 Å². The van der Waals surface area contributed by atoms with Gasteiger partial charge in [-0.05, 0) is 32.1 Å². The lowest BCUT2D eigenvalue weighted by Gasteiger charge is -2.35. The van der Waals surface area contributed by atoms with Gasteiger partial charge in [-0.15, -0.1) is 0 Å². The highest BCUT2D eigenvalue weighted by molar-refractivity contribution is 4.73. The van der Waals surface area contributed by atoms with Crippen molar-refractivity contribution in [2.75, 3.05) is 33.2 Å². The van der Waals surface area contributed by atoms with Gasteiger partial charge in [0.1, 0.15) is 13.3 Å². The number of halogens is 2. The summed E-state index contributed by atoms with van der Waals surface area (Å²) >= 11 is 0. The van der Waals surface area contributed by atoms with E-state index in [4.69, 9.17) is 18.9 Å². The third-order valence-electron chi connectivity index (χ3n) is 3.76. The highest BCUT2D eigenvalue weighted by Gasteiger charge is 2.34. The van der Waals surface area contributed by atoms with Crippen LogP contribution in [0, 0.1) is 0 Å².